The summed E-state index contributed by atoms with van der Waals surface area (Å²) in [5, 5.41) is 1.43. The van der Waals surface area contributed by atoms with Gasteiger partial charge >= 0.3 is 0 Å². The number of hydrogen-bond donors (Lipinski definition) is 0. The van der Waals surface area contributed by atoms with E-state index in [0.29, 0.717) is 0 Å². The fraction of sp³-hybridized carbons (Fsp3) is 0.545. The fourth-order valence-corrected chi connectivity index (χ4v) is 7.14. The lowest BCUT2D eigenvalue weighted by atomic mass is 10.0. The van der Waals surface area contributed by atoms with Crippen LogP contribution in [-0.2, 0) is 6.42 Å². The Morgan fingerprint density at radius 2 is 1.40 bits per heavy atom. The topological polar surface area (TPSA) is 0 Å². The third kappa shape index (κ3) is 5.08. The molecule has 2 aromatic heterocycles. The minimum atomic E-state index is 1.23. The summed E-state index contributed by atoms with van der Waals surface area (Å²) in [4.78, 5) is 0. The number of unbranched alkanes of at least 4 members (excludes halogenated alkanes) is 9. The van der Waals surface area contributed by atoms with Crippen LogP contribution in [0.25, 0.3) is 19.5 Å². The molecule has 0 aliphatic rings. The highest BCUT2D eigenvalue weighted by Crippen LogP contribution is 2.45. The molecule has 3 heteroatoms. The summed E-state index contributed by atoms with van der Waals surface area (Å²) >= 11 is 7.72. The Hall–Kier alpha value is -0.380. The van der Waals surface area contributed by atoms with Crippen LogP contribution in [0.3, 0.4) is 0 Å². The van der Waals surface area contributed by atoms with Crippen LogP contribution >= 0.6 is 38.6 Å². The van der Waals surface area contributed by atoms with Crippen molar-refractivity contribution in [2.24, 2.45) is 0 Å². The Bertz CT molecular complexity index is 784. The van der Waals surface area contributed by atoms with E-state index in [1.807, 2.05) is 22.7 Å². The van der Waals surface area contributed by atoms with Crippen molar-refractivity contribution in [2.75, 3.05) is 0 Å². The molecule has 1 aromatic carbocycles. The molecule has 0 aliphatic heterocycles. The lowest BCUT2D eigenvalue weighted by Crippen LogP contribution is -1.85. The van der Waals surface area contributed by atoms with Gasteiger partial charge in [-0.05, 0) is 40.4 Å². The first-order chi connectivity index (χ1) is 12.3. The molecule has 0 aliphatic carbocycles. The van der Waals surface area contributed by atoms with Gasteiger partial charge in [-0.2, -0.15) is 0 Å². The van der Waals surface area contributed by atoms with Gasteiger partial charge in [0, 0.05) is 10.1 Å². The van der Waals surface area contributed by atoms with Crippen LogP contribution in [0.2, 0.25) is 0 Å². The van der Waals surface area contributed by atoms with Gasteiger partial charge in [-0.3, -0.25) is 0 Å². The highest BCUT2D eigenvalue weighted by Gasteiger charge is 2.15. The van der Waals surface area contributed by atoms with E-state index in [-0.39, 0.29) is 0 Å². The average Bonchev–Trinajstić information content (AvgIpc) is 3.12. The SMILES string of the molecule is CCCCCCCCCCCCc1c(Br)sc2c1sc1ccccc12. The molecule has 3 rings (SSSR count). The highest BCUT2D eigenvalue weighted by molar-refractivity contribution is 9.11. The van der Waals surface area contributed by atoms with Gasteiger partial charge in [0.1, 0.15) is 0 Å². The van der Waals surface area contributed by atoms with E-state index in [4.69, 9.17) is 0 Å². The molecule has 3 aromatic rings. The van der Waals surface area contributed by atoms with Gasteiger partial charge in [0.05, 0.1) is 13.2 Å². The van der Waals surface area contributed by atoms with Gasteiger partial charge < -0.3 is 0 Å². The molecule has 0 amide bonds. The number of benzene rings is 1. The van der Waals surface area contributed by atoms with Gasteiger partial charge in [0.15, 0.2) is 0 Å². The summed E-state index contributed by atoms with van der Waals surface area (Å²) in [6.45, 7) is 2.29. The Labute approximate surface area is 168 Å². The quantitative estimate of drug-likeness (QED) is 0.262. The molecule has 0 bridgehead atoms. The van der Waals surface area contributed by atoms with Gasteiger partial charge in [0.2, 0.25) is 0 Å². The zero-order valence-electron chi connectivity index (χ0n) is 15.3. The predicted molar refractivity (Wildman–Crippen MR) is 120 cm³/mol. The first kappa shape index (κ1) is 19.4. The number of thiophene rings is 2. The molecule has 0 fully saturated rings. The Balaban J connectivity index is 1.43. The highest BCUT2D eigenvalue weighted by atomic mass is 79.9. The van der Waals surface area contributed by atoms with Crippen LogP contribution in [0.5, 0.6) is 0 Å². The Morgan fingerprint density at radius 3 is 2.12 bits per heavy atom. The second-order valence-corrected chi connectivity index (χ2v) is 10.4. The Morgan fingerprint density at radius 1 is 0.760 bits per heavy atom. The van der Waals surface area contributed by atoms with Gasteiger partial charge in [-0.25, -0.2) is 0 Å². The number of fused-ring (bicyclic) bond motifs is 3. The monoisotopic (exact) mass is 436 g/mol. The molecule has 136 valence electrons. The first-order valence-electron chi connectivity index (χ1n) is 9.89. The molecule has 0 unspecified atom stereocenters. The molecule has 0 spiro atoms. The summed E-state index contributed by atoms with van der Waals surface area (Å²) in [5.41, 5.74) is 1.56. The van der Waals surface area contributed by atoms with E-state index in [9.17, 15) is 0 Å². The van der Waals surface area contributed by atoms with E-state index >= 15 is 0 Å². The maximum Gasteiger partial charge on any atom is 0.0751 e. The van der Waals surface area contributed by atoms with E-state index < -0.39 is 0 Å². The summed E-state index contributed by atoms with van der Waals surface area (Å²) < 4.78 is 5.79. The number of halogens is 1. The smallest absolute Gasteiger partial charge is 0.0751 e. The van der Waals surface area contributed by atoms with Crippen molar-refractivity contribution in [1.29, 1.82) is 0 Å². The van der Waals surface area contributed by atoms with Crippen LogP contribution in [0.15, 0.2) is 28.1 Å². The molecular formula is C22H29BrS2. The number of hydrogen-bond acceptors (Lipinski definition) is 2. The van der Waals surface area contributed by atoms with Crippen molar-refractivity contribution in [3.63, 3.8) is 0 Å². The summed E-state index contributed by atoms with van der Waals surface area (Å²) in [5.74, 6) is 0. The molecule has 0 saturated heterocycles. The maximum absolute atomic E-state index is 3.82. The third-order valence-electron chi connectivity index (χ3n) is 5.03. The minimum absolute atomic E-state index is 1.23. The van der Waals surface area contributed by atoms with E-state index in [1.165, 1.54) is 93.9 Å². The van der Waals surface area contributed by atoms with E-state index in [0.717, 1.165) is 0 Å². The van der Waals surface area contributed by atoms with E-state index in [2.05, 4.69) is 47.1 Å². The maximum atomic E-state index is 3.82. The van der Waals surface area contributed by atoms with Crippen molar-refractivity contribution in [3.8, 4) is 0 Å². The normalized spacial score (nSPS) is 11.8. The average molecular weight is 438 g/mol. The first-order valence-corrected chi connectivity index (χ1v) is 12.3. The molecule has 25 heavy (non-hydrogen) atoms. The van der Waals surface area contributed by atoms with Crippen molar-refractivity contribution in [2.45, 2.75) is 77.6 Å². The van der Waals surface area contributed by atoms with Gasteiger partial charge in [-0.1, -0.05) is 82.9 Å². The van der Waals surface area contributed by atoms with Crippen molar-refractivity contribution in [1.82, 2.24) is 0 Å². The standard InChI is InChI=1S/C22H29BrS2/c1-2-3-4-5-6-7-8-9-10-11-15-18-21-20(25-22(18)23)17-14-12-13-16-19(17)24-21/h12-14,16H,2-11,15H2,1H3. The molecule has 0 radical (unpaired) electrons. The van der Waals surface area contributed by atoms with E-state index in [1.54, 1.807) is 5.56 Å². The Kier molecular flexibility index (Phi) is 7.82. The second kappa shape index (κ2) is 10.1. The van der Waals surface area contributed by atoms with Crippen LogP contribution < -0.4 is 0 Å². The van der Waals surface area contributed by atoms with Crippen LogP contribution in [0, 0.1) is 0 Å². The number of aryl methyl sites for hydroxylation is 1. The zero-order chi connectivity index (χ0) is 17.5. The molecule has 0 N–H and O–H groups in total. The number of rotatable bonds is 11. The second-order valence-electron chi connectivity index (χ2n) is 7.04. The predicted octanol–water partition coefficient (Wildman–Crippen LogP) is 9.34. The van der Waals surface area contributed by atoms with Crippen LogP contribution in [0.1, 0.15) is 76.7 Å². The van der Waals surface area contributed by atoms with Crippen molar-refractivity contribution >= 4 is 58.1 Å². The fourth-order valence-electron chi connectivity index (χ4n) is 3.56. The molecule has 0 atom stereocenters. The molecule has 2 heterocycles. The molecular weight excluding hydrogens is 408 g/mol. The van der Waals surface area contributed by atoms with Crippen molar-refractivity contribution < 1.29 is 0 Å². The molecule has 0 nitrogen and oxygen atoms in total. The summed E-state index contributed by atoms with van der Waals surface area (Å²) in [6, 6.07) is 8.83. The lowest BCUT2D eigenvalue weighted by Gasteiger charge is -2.03. The van der Waals surface area contributed by atoms with Crippen molar-refractivity contribution in [3.05, 3.63) is 33.6 Å². The van der Waals surface area contributed by atoms with Crippen LogP contribution in [0.4, 0.5) is 0 Å². The summed E-state index contributed by atoms with van der Waals surface area (Å²) in [6.07, 6.45) is 15.3. The van der Waals surface area contributed by atoms with Gasteiger partial charge in [-0.15, -0.1) is 22.7 Å². The summed E-state index contributed by atoms with van der Waals surface area (Å²) in [7, 11) is 0. The third-order valence-corrected chi connectivity index (χ3v) is 8.41. The van der Waals surface area contributed by atoms with Gasteiger partial charge in [0.25, 0.3) is 0 Å². The van der Waals surface area contributed by atoms with Crippen LogP contribution in [-0.4, -0.2) is 0 Å². The zero-order valence-corrected chi connectivity index (χ0v) is 18.5. The molecule has 0 saturated carbocycles. The minimum Gasteiger partial charge on any atom is -0.134 e. The lowest BCUT2D eigenvalue weighted by molar-refractivity contribution is 0.556. The largest absolute Gasteiger partial charge is 0.134 e.